The number of carbonyl (C=O) groups excluding carboxylic acids is 3. The number of rotatable bonds is 6. The molecule has 2 aromatic heterocycles. The minimum Gasteiger partial charge on any atom is -0.339 e. The number of aryl methyl sites for hydroxylation is 1. The molecule has 4 amide bonds. The molecule has 2 N–H and O–H groups in total. The van der Waals surface area contributed by atoms with Crippen LogP contribution in [0.2, 0.25) is 0 Å². The zero-order chi connectivity index (χ0) is 20.4. The molecule has 1 aliphatic heterocycles. The van der Waals surface area contributed by atoms with Crippen molar-refractivity contribution in [3.05, 3.63) is 59.3 Å². The maximum Gasteiger partial charge on any atom is 0.344 e. The predicted molar refractivity (Wildman–Crippen MR) is 103 cm³/mol. The van der Waals surface area contributed by atoms with Crippen LogP contribution in [0, 0.1) is 0 Å². The Labute approximate surface area is 169 Å². The Balaban J connectivity index is 1.37. The van der Waals surface area contributed by atoms with E-state index in [0.29, 0.717) is 22.3 Å². The highest BCUT2D eigenvalue weighted by molar-refractivity contribution is 7.13. The highest BCUT2D eigenvalue weighted by Gasteiger charge is 2.49. The molecule has 0 aliphatic carbocycles. The van der Waals surface area contributed by atoms with Crippen molar-refractivity contribution in [1.82, 2.24) is 25.9 Å². The number of benzene rings is 1. The molecule has 4 rings (SSSR count). The summed E-state index contributed by atoms with van der Waals surface area (Å²) in [6, 6.07) is 11.9. The molecule has 29 heavy (non-hydrogen) atoms. The fraction of sp³-hybridized carbons (Fsp3) is 0.211. The zero-order valence-corrected chi connectivity index (χ0v) is 16.2. The van der Waals surface area contributed by atoms with Gasteiger partial charge in [0.25, 0.3) is 5.91 Å². The molecule has 10 heteroatoms. The number of hydrogen-bond donors (Lipinski definition) is 2. The third-order valence-electron chi connectivity index (χ3n) is 4.55. The number of hydrazine groups is 1. The van der Waals surface area contributed by atoms with E-state index in [1.54, 1.807) is 31.2 Å². The van der Waals surface area contributed by atoms with Crippen molar-refractivity contribution < 1.29 is 18.9 Å². The zero-order valence-electron chi connectivity index (χ0n) is 15.4. The van der Waals surface area contributed by atoms with Gasteiger partial charge in [-0.2, -0.15) is 9.99 Å². The van der Waals surface area contributed by atoms with Gasteiger partial charge < -0.3 is 9.84 Å². The van der Waals surface area contributed by atoms with E-state index in [2.05, 4.69) is 20.9 Å². The van der Waals surface area contributed by atoms with E-state index >= 15 is 0 Å². The molecule has 1 aliphatic rings. The molecule has 0 spiro atoms. The highest BCUT2D eigenvalue weighted by atomic mass is 32.1. The Morgan fingerprint density at radius 3 is 2.76 bits per heavy atom. The molecule has 1 aromatic carbocycles. The van der Waals surface area contributed by atoms with Crippen molar-refractivity contribution in [3.8, 4) is 10.7 Å². The fourth-order valence-corrected chi connectivity index (χ4v) is 3.62. The average Bonchev–Trinajstić information content (AvgIpc) is 3.45. The molecule has 3 aromatic rings. The lowest BCUT2D eigenvalue weighted by Crippen LogP contribution is -2.48. The first-order valence-electron chi connectivity index (χ1n) is 8.85. The number of amides is 4. The lowest BCUT2D eigenvalue weighted by atomic mass is 9.92. The van der Waals surface area contributed by atoms with Crippen molar-refractivity contribution in [2.45, 2.75) is 25.3 Å². The van der Waals surface area contributed by atoms with Gasteiger partial charge in [0.1, 0.15) is 5.54 Å². The van der Waals surface area contributed by atoms with Crippen LogP contribution in [0.5, 0.6) is 0 Å². The molecule has 3 heterocycles. The van der Waals surface area contributed by atoms with Crippen molar-refractivity contribution in [2.24, 2.45) is 0 Å². The Hall–Kier alpha value is -3.53. The highest BCUT2D eigenvalue weighted by Crippen LogP contribution is 2.27. The molecule has 0 radical (unpaired) electrons. The third kappa shape index (κ3) is 3.61. The van der Waals surface area contributed by atoms with Crippen LogP contribution in [-0.2, 0) is 21.5 Å². The normalized spacial score (nSPS) is 18.7. The average molecular weight is 411 g/mol. The molecule has 148 valence electrons. The lowest BCUT2D eigenvalue weighted by Gasteiger charge is -2.22. The second kappa shape index (κ2) is 7.47. The minimum atomic E-state index is -1.24. The van der Waals surface area contributed by atoms with Crippen molar-refractivity contribution in [2.75, 3.05) is 0 Å². The number of carbonyl (C=O) groups is 3. The maximum atomic E-state index is 12.8. The number of nitrogens with one attached hydrogen (secondary N) is 2. The van der Waals surface area contributed by atoms with Gasteiger partial charge in [0.15, 0.2) is 0 Å². The van der Waals surface area contributed by atoms with Crippen LogP contribution >= 0.6 is 11.3 Å². The summed E-state index contributed by atoms with van der Waals surface area (Å²) in [6.07, 6.45) is 0.162. The SMILES string of the molecule is CC1(c2ccccc2)NC(=O)N(NC(=O)CCc2nc(-c3cccs3)no2)C1=O. The van der Waals surface area contributed by atoms with E-state index < -0.39 is 23.4 Å². The first-order valence-corrected chi connectivity index (χ1v) is 9.73. The summed E-state index contributed by atoms with van der Waals surface area (Å²) in [6.45, 7) is 1.60. The van der Waals surface area contributed by atoms with E-state index in [9.17, 15) is 14.4 Å². The molecule has 1 atom stereocenters. The van der Waals surface area contributed by atoms with Crippen molar-refractivity contribution in [3.63, 3.8) is 0 Å². The Kier molecular flexibility index (Phi) is 4.85. The topological polar surface area (TPSA) is 117 Å². The van der Waals surface area contributed by atoms with Gasteiger partial charge in [0.05, 0.1) is 4.88 Å². The molecule has 0 bridgehead atoms. The predicted octanol–water partition coefficient (Wildman–Crippen LogP) is 2.23. The van der Waals surface area contributed by atoms with Crippen LogP contribution in [0.4, 0.5) is 4.79 Å². The summed E-state index contributed by atoms with van der Waals surface area (Å²) in [7, 11) is 0. The Bertz CT molecular complexity index is 1050. The van der Waals surface area contributed by atoms with Crippen LogP contribution in [0.15, 0.2) is 52.4 Å². The Morgan fingerprint density at radius 2 is 2.03 bits per heavy atom. The quantitative estimate of drug-likeness (QED) is 0.601. The van der Waals surface area contributed by atoms with E-state index in [1.807, 2.05) is 23.6 Å². The minimum absolute atomic E-state index is 0.0226. The van der Waals surface area contributed by atoms with Gasteiger partial charge in [0.2, 0.25) is 17.6 Å². The van der Waals surface area contributed by atoms with E-state index in [1.165, 1.54) is 11.3 Å². The molecule has 1 unspecified atom stereocenters. The number of imide groups is 1. The second-order valence-corrected chi connectivity index (χ2v) is 7.53. The molecular formula is C19H17N5O4S. The molecular weight excluding hydrogens is 394 g/mol. The number of urea groups is 1. The summed E-state index contributed by atoms with van der Waals surface area (Å²) in [5, 5.41) is 9.12. The molecule has 1 fully saturated rings. The first kappa shape index (κ1) is 18.8. The first-order chi connectivity index (χ1) is 14.0. The standard InChI is InChI=1S/C19H17N5O4S/c1-19(12-6-3-2-4-7-12)17(26)24(18(27)21-19)22-14(25)9-10-15-20-16(23-28-15)13-8-5-11-29-13/h2-8,11H,9-10H2,1H3,(H,21,27)(H,22,25). The fourth-order valence-electron chi connectivity index (χ4n) is 2.97. The van der Waals surface area contributed by atoms with E-state index in [4.69, 9.17) is 4.52 Å². The van der Waals surface area contributed by atoms with Gasteiger partial charge in [-0.3, -0.25) is 15.0 Å². The molecule has 1 saturated heterocycles. The monoisotopic (exact) mass is 411 g/mol. The van der Waals surface area contributed by atoms with Gasteiger partial charge in [-0.05, 0) is 23.9 Å². The van der Waals surface area contributed by atoms with Crippen LogP contribution in [0.1, 0.15) is 24.8 Å². The van der Waals surface area contributed by atoms with Gasteiger partial charge in [0, 0.05) is 12.8 Å². The molecule has 9 nitrogen and oxygen atoms in total. The van der Waals surface area contributed by atoms with Crippen LogP contribution in [-0.4, -0.2) is 33.0 Å². The van der Waals surface area contributed by atoms with Crippen molar-refractivity contribution >= 4 is 29.2 Å². The number of hydrogen-bond acceptors (Lipinski definition) is 7. The third-order valence-corrected chi connectivity index (χ3v) is 5.42. The summed E-state index contributed by atoms with van der Waals surface area (Å²) < 4.78 is 5.15. The molecule has 0 saturated carbocycles. The number of nitrogens with zero attached hydrogens (tertiary/aromatic N) is 3. The second-order valence-electron chi connectivity index (χ2n) is 6.59. The number of thiophene rings is 1. The van der Waals surface area contributed by atoms with Gasteiger partial charge in [-0.1, -0.05) is 41.6 Å². The maximum absolute atomic E-state index is 12.8. The van der Waals surface area contributed by atoms with Gasteiger partial charge >= 0.3 is 6.03 Å². The largest absolute Gasteiger partial charge is 0.344 e. The van der Waals surface area contributed by atoms with Crippen LogP contribution in [0.25, 0.3) is 10.7 Å². The van der Waals surface area contributed by atoms with Gasteiger partial charge in [-0.25, -0.2) is 4.79 Å². The van der Waals surface area contributed by atoms with Crippen LogP contribution < -0.4 is 10.7 Å². The summed E-state index contributed by atoms with van der Waals surface area (Å²) in [4.78, 5) is 42.4. The van der Waals surface area contributed by atoms with Crippen LogP contribution in [0.3, 0.4) is 0 Å². The van der Waals surface area contributed by atoms with Crippen molar-refractivity contribution in [1.29, 1.82) is 0 Å². The van der Waals surface area contributed by atoms with E-state index in [-0.39, 0.29) is 12.8 Å². The smallest absolute Gasteiger partial charge is 0.339 e. The summed E-state index contributed by atoms with van der Waals surface area (Å²) >= 11 is 1.48. The van der Waals surface area contributed by atoms with Gasteiger partial charge in [-0.15, -0.1) is 11.3 Å². The lowest BCUT2D eigenvalue weighted by molar-refractivity contribution is -0.139. The Morgan fingerprint density at radius 1 is 1.24 bits per heavy atom. The number of aromatic nitrogens is 2. The van der Waals surface area contributed by atoms with E-state index in [0.717, 1.165) is 4.88 Å². The summed E-state index contributed by atoms with van der Waals surface area (Å²) in [5.41, 5.74) is 1.74. The summed E-state index contributed by atoms with van der Waals surface area (Å²) in [5.74, 6) is -0.306.